The van der Waals surface area contributed by atoms with Crippen LogP contribution in [0.4, 0.5) is 0 Å². The third kappa shape index (κ3) is 3.33. The first-order chi connectivity index (χ1) is 11.3. The van der Waals surface area contributed by atoms with Gasteiger partial charge in [0.25, 0.3) is 0 Å². The Labute approximate surface area is 137 Å². The Bertz CT molecular complexity index is 640. The summed E-state index contributed by atoms with van der Waals surface area (Å²) in [6, 6.07) is 8.66. The molecule has 4 atom stereocenters. The van der Waals surface area contributed by atoms with E-state index >= 15 is 0 Å². The summed E-state index contributed by atoms with van der Waals surface area (Å²) in [6.45, 7) is 3.87. The number of pyridine rings is 1. The van der Waals surface area contributed by atoms with Gasteiger partial charge in [-0.05, 0) is 55.0 Å². The summed E-state index contributed by atoms with van der Waals surface area (Å²) < 4.78 is 12.0. The summed E-state index contributed by atoms with van der Waals surface area (Å²) in [6.07, 6.45) is 7.26. The van der Waals surface area contributed by atoms with Crippen LogP contribution >= 0.6 is 0 Å². The molecule has 4 nitrogen and oxygen atoms in total. The summed E-state index contributed by atoms with van der Waals surface area (Å²) in [5, 5.41) is 3.63. The van der Waals surface area contributed by atoms with Crippen LogP contribution in [0.3, 0.4) is 0 Å². The SMILES string of the molecule is C[C@H]1C[C@@H]1c1ccc(CN[C@H]2CCCO[C@@H]2c2ccncc2)o1. The van der Waals surface area contributed by atoms with Crippen LogP contribution in [0.15, 0.2) is 41.1 Å². The predicted octanol–water partition coefficient (Wildman–Crippen LogP) is 3.81. The minimum absolute atomic E-state index is 0.102. The van der Waals surface area contributed by atoms with Crippen molar-refractivity contribution in [3.63, 3.8) is 0 Å². The number of nitrogens with one attached hydrogen (secondary N) is 1. The molecule has 1 aliphatic carbocycles. The van der Waals surface area contributed by atoms with Crippen LogP contribution in [0.25, 0.3) is 0 Å². The molecular formula is C19H24N2O2. The standard InChI is InChI=1S/C19H24N2O2/c1-13-11-16(13)18-5-4-15(23-18)12-21-17-3-2-10-22-19(17)14-6-8-20-9-7-14/h4-9,13,16-17,19,21H,2-3,10-12H2,1H3/t13-,16-,17-,19+/m0/s1. The van der Waals surface area contributed by atoms with Crippen LogP contribution < -0.4 is 5.32 Å². The highest BCUT2D eigenvalue weighted by molar-refractivity contribution is 5.18. The Morgan fingerprint density at radius 2 is 2.04 bits per heavy atom. The summed E-state index contributed by atoms with van der Waals surface area (Å²) in [7, 11) is 0. The molecule has 4 rings (SSSR count). The lowest BCUT2D eigenvalue weighted by molar-refractivity contribution is -0.0116. The molecule has 2 aromatic rings. The monoisotopic (exact) mass is 312 g/mol. The van der Waals surface area contributed by atoms with Crippen molar-refractivity contribution in [3.8, 4) is 0 Å². The Hall–Kier alpha value is -1.65. The molecule has 1 saturated carbocycles. The molecule has 0 spiro atoms. The van der Waals surface area contributed by atoms with Crippen molar-refractivity contribution in [1.29, 1.82) is 0 Å². The topological polar surface area (TPSA) is 47.3 Å². The first-order valence-corrected chi connectivity index (χ1v) is 8.65. The normalized spacial score (nSPS) is 30.3. The van der Waals surface area contributed by atoms with Crippen molar-refractivity contribution in [2.45, 2.75) is 50.8 Å². The fourth-order valence-corrected chi connectivity index (χ4v) is 3.51. The van der Waals surface area contributed by atoms with E-state index in [1.807, 2.05) is 24.5 Å². The highest BCUT2D eigenvalue weighted by atomic mass is 16.5. The number of hydrogen-bond donors (Lipinski definition) is 1. The first-order valence-electron chi connectivity index (χ1n) is 8.65. The third-order valence-electron chi connectivity index (χ3n) is 5.05. The van der Waals surface area contributed by atoms with Crippen LogP contribution in [0.2, 0.25) is 0 Å². The van der Waals surface area contributed by atoms with Crippen molar-refractivity contribution in [2.24, 2.45) is 5.92 Å². The molecule has 0 bridgehead atoms. The van der Waals surface area contributed by atoms with Crippen LogP contribution in [-0.2, 0) is 11.3 Å². The Kier molecular flexibility index (Phi) is 4.19. The van der Waals surface area contributed by atoms with Gasteiger partial charge in [-0.15, -0.1) is 0 Å². The second-order valence-corrected chi connectivity index (χ2v) is 6.83. The van der Waals surface area contributed by atoms with Gasteiger partial charge in [-0.3, -0.25) is 4.98 Å². The van der Waals surface area contributed by atoms with E-state index in [0.29, 0.717) is 12.0 Å². The molecule has 122 valence electrons. The minimum Gasteiger partial charge on any atom is -0.464 e. The van der Waals surface area contributed by atoms with Gasteiger partial charge in [0.1, 0.15) is 11.5 Å². The van der Waals surface area contributed by atoms with E-state index in [4.69, 9.17) is 9.15 Å². The molecular weight excluding hydrogens is 288 g/mol. The van der Waals surface area contributed by atoms with Crippen molar-refractivity contribution >= 4 is 0 Å². The Morgan fingerprint density at radius 1 is 1.22 bits per heavy atom. The average Bonchev–Trinajstić information content (AvgIpc) is 3.15. The maximum absolute atomic E-state index is 6.01. The number of furan rings is 1. The quantitative estimate of drug-likeness (QED) is 0.912. The van der Waals surface area contributed by atoms with E-state index in [1.165, 1.54) is 12.0 Å². The molecule has 4 heteroatoms. The maximum Gasteiger partial charge on any atom is 0.117 e. The predicted molar refractivity (Wildman–Crippen MR) is 88.0 cm³/mol. The van der Waals surface area contributed by atoms with Crippen molar-refractivity contribution in [1.82, 2.24) is 10.3 Å². The van der Waals surface area contributed by atoms with Crippen LogP contribution in [0, 0.1) is 5.92 Å². The van der Waals surface area contributed by atoms with Gasteiger partial charge in [0.2, 0.25) is 0 Å². The molecule has 2 aromatic heterocycles. The molecule has 0 amide bonds. The summed E-state index contributed by atoms with van der Waals surface area (Å²) >= 11 is 0. The van der Waals surface area contributed by atoms with Gasteiger partial charge in [-0.25, -0.2) is 0 Å². The molecule has 0 radical (unpaired) electrons. The Morgan fingerprint density at radius 3 is 2.83 bits per heavy atom. The van der Waals surface area contributed by atoms with E-state index in [-0.39, 0.29) is 6.10 Å². The summed E-state index contributed by atoms with van der Waals surface area (Å²) in [4.78, 5) is 4.10. The maximum atomic E-state index is 6.01. The number of aromatic nitrogens is 1. The molecule has 1 saturated heterocycles. The zero-order valence-electron chi connectivity index (χ0n) is 13.6. The zero-order valence-corrected chi connectivity index (χ0v) is 13.6. The van der Waals surface area contributed by atoms with Gasteiger partial charge in [0, 0.05) is 31.0 Å². The lowest BCUT2D eigenvalue weighted by atomic mass is 9.96. The number of hydrogen-bond acceptors (Lipinski definition) is 4. The van der Waals surface area contributed by atoms with Gasteiger partial charge in [-0.2, -0.15) is 0 Å². The first kappa shape index (κ1) is 14.9. The molecule has 1 N–H and O–H groups in total. The lowest BCUT2D eigenvalue weighted by Crippen LogP contribution is -2.39. The van der Waals surface area contributed by atoms with E-state index in [0.717, 1.165) is 43.4 Å². The molecule has 1 aliphatic heterocycles. The van der Waals surface area contributed by atoms with E-state index in [1.54, 1.807) is 0 Å². The number of ether oxygens (including phenoxy) is 1. The molecule has 2 fully saturated rings. The molecule has 23 heavy (non-hydrogen) atoms. The average molecular weight is 312 g/mol. The van der Waals surface area contributed by atoms with Crippen molar-refractivity contribution < 1.29 is 9.15 Å². The van der Waals surface area contributed by atoms with Gasteiger partial charge >= 0.3 is 0 Å². The molecule has 0 unspecified atom stereocenters. The lowest BCUT2D eigenvalue weighted by Gasteiger charge is -2.32. The minimum atomic E-state index is 0.102. The molecule has 3 heterocycles. The van der Waals surface area contributed by atoms with Gasteiger partial charge in [0.05, 0.1) is 12.6 Å². The zero-order chi connectivity index (χ0) is 15.6. The van der Waals surface area contributed by atoms with Crippen LogP contribution in [0.1, 0.15) is 55.3 Å². The van der Waals surface area contributed by atoms with E-state index in [9.17, 15) is 0 Å². The van der Waals surface area contributed by atoms with Gasteiger partial charge < -0.3 is 14.5 Å². The summed E-state index contributed by atoms with van der Waals surface area (Å²) in [5.41, 5.74) is 1.20. The van der Waals surface area contributed by atoms with E-state index in [2.05, 4.69) is 29.4 Å². The molecule has 0 aromatic carbocycles. The largest absolute Gasteiger partial charge is 0.464 e. The number of rotatable bonds is 5. The van der Waals surface area contributed by atoms with Crippen LogP contribution in [0.5, 0.6) is 0 Å². The van der Waals surface area contributed by atoms with Crippen LogP contribution in [-0.4, -0.2) is 17.6 Å². The smallest absolute Gasteiger partial charge is 0.117 e. The highest BCUT2D eigenvalue weighted by Crippen LogP contribution is 2.47. The number of nitrogens with zero attached hydrogens (tertiary/aromatic N) is 1. The fraction of sp³-hybridized carbons (Fsp3) is 0.526. The molecule has 2 aliphatic rings. The van der Waals surface area contributed by atoms with E-state index < -0.39 is 0 Å². The van der Waals surface area contributed by atoms with Gasteiger partial charge in [-0.1, -0.05) is 6.92 Å². The van der Waals surface area contributed by atoms with Gasteiger partial charge in [0.15, 0.2) is 0 Å². The Balaban J connectivity index is 1.39. The van der Waals surface area contributed by atoms with Crippen molar-refractivity contribution in [2.75, 3.05) is 6.61 Å². The fourth-order valence-electron chi connectivity index (χ4n) is 3.51. The second-order valence-electron chi connectivity index (χ2n) is 6.83. The highest BCUT2D eigenvalue weighted by Gasteiger charge is 2.36. The van der Waals surface area contributed by atoms with Crippen molar-refractivity contribution in [3.05, 3.63) is 53.7 Å². The second kappa shape index (κ2) is 6.46. The summed E-state index contributed by atoms with van der Waals surface area (Å²) in [5.74, 6) is 3.61. The third-order valence-corrected chi connectivity index (χ3v) is 5.05.